The minimum absolute atomic E-state index is 0.168. The standard InChI is InChI=1S/C21H20ClF2N3O2/c1-13(2)12-29-15-6-7-16(22)14(10-15)11-27-9-8-19(26-27)25-21(28)20-17(23)4-3-5-18(20)24/h3-10,13H,11-12H2,1-2H3,(H,25,26,28). The maximum atomic E-state index is 13.7. The quantitative estimate of drug-likeness (QED) is 0.576. The van der Waals surface area contributed by atoms with Crippen molar-refractivity contribution in [2.45, 2.75) is 20.4 Å². The van der Waals surface area contributed by atoms with E-state index in [1.165, 1.54) is 12.1 Å². The third kappa shape index (κ3) is 5.32. The number of amides is 1. The molecule has 0 aliphatic carbocycles. The van der Waals surface area contributed by atoms with E-state index in [9.17, 15) is 13.6 Å². The van der Waals surface area contributed by atoms with Crippen molar-refractivity contribution in [3.8, 4) is 5.75 Å². The van der Waals surface area contributed by atoms with Crippen LogP contribution in [0.4, 0.5) is 14.6 Å². The number of benzene rings is 2. The molecule has 8 heteroatoms. The van der Waals surface area contributed by atoms with Crippen LogP contribution in [-0.4, -0.2) is 22.3 Å². The summed E-state index contributed by atoms with van der Waals surface area (Å²) < 4.78 is 34.7. The topological polar surface area (TPSA) is 56.1 Å². The van der Waals surface area contributed by atoms with Crippen LogP contribution < -0.4 is 10.1 Å². The highest BCUT2D eigenvalue weighted by Crippen LogP contribution is 2.24. The molecule has 0 saturated carbocycles. The van der Waals surface area contributed by atoms with Crippen molar-refractivity contribution < 1.29 is 18.3 Å². The normalized spacial score (nSPS) is 11.0. The number of nitrogens with zero attached hydrogens (tertiary/aromatic N) is 2. The van der Waals surface area contributed by atoms with E-state index in [0.717, 1.165) is 17.7 Å². The van der Waals surface area contributed by atoms with Gasteiger partial charge in [-0.05, 0) is 41.8 Å². The first-order valence-electron chi connectivity index (χ1n) is 9.03. The van der Waals surface area contributed by atoms with Crippen molar-refractivity contribution in [2.24, 2.45) is 5.92 Å². The third-order valence-corrected chi connectivity index (χ3v) is 4.37. The molecule has 1 amide bonds. The van der Waals surface area contributed by atoms with E-state index < -0.39 is 23.1 Å². The fourth-order valence-corrected chi connectivity index (χ4v) is 2.79. The summed E-state index contributed by atoms with van der Waals surface area (Å²) in [5, 5.41) is 7.16. The average Bonchev–Trinajstić information content (AvgIpc) is 3.09. The lowest BCUT2D eigenvalue weighted by Gasteiger charge is -2.11. The fourth-order valence-electron chi connectivity index (χ4n) is 2.61. The number of hydrogen-bond acceptors (Lipinski definition) is 3. The highest BCUT2D eigenvalue weighted by Gasteiger charge is 2.18. The molecule has 1 heterocycles. The number of anilines is 1. The second kappa shape index (κ2) is 9.05. The Morgan fingerprint density at radius 2 is 1.93 bits per heavy atom. The summed E-state index contributed by atoms with van der Waals surface area (Å²) in [4.78, 5) is 12.2. The van der Waals surface area contributed by atoms with Crippen molar-refractivity contribution in [1.29, 1.82) is 0 Å². The summed E-state index contributed by atoms with van der Waals surface area (Å²) in [5.41, 5.74) is 0.133. The van der Waals surface area contributed by atoms with E-state index in [4.69, 9.17) is 16.3 Å². The molecular formula is C21H20ClF2N3O2. The van der Waals surface area contributed by atoms with Crippen molar-refractivity contribution in [3.05, 3.63) is 76.4 Å². The molecule has 0 aliphatic rings. The van der Waals surface area contributed by atoms with Gasteiger partial charge >= 0.3 is 0 Å². The van der Waals surface area contributed by atoms with Gasteiger partial charge in [-0.2, -0.15) is 5.10 Å². The number of ether oxygens (including phenoxy) is 1. The number of nitrogens with one attached hydrogen (secondary N) is 1. The van der Waals surface area contributed by atoms with Crippen LogP contribution >= 0.6 is 11.6 Å². The average molecular weight is 420 g/mol. The van der Waals surface area contributed by atoms with Gasteiger partial charge in [0.15, 0.2) is 5.82 Å². The number of aromatic nitrogens is 2. The lowest BCUT2D eigenvalue weighted by atomic mass is 10.2. The summed E-state index contributed by atoms with van der Waals surface area (Å²) in [5.74, 6) is -1.52. The fraction of sp³-hybridized carbons (Fsp3) is 0.238. The summed E-state index contributed by atoms with van der Waals surface area (Å²) in [6.07, 6.45) is 1.63. The molecule has 0 aliphatic heterocycles. The minimum Gasteiger partial charge on any atom is -0.493 e. The molecule has 0 saturated heterocycles. The molecular weight excluding hydrogens is 400 g/mol. The van der Waals surface area contributed by atoms with Crippen LogP contribution in [-0.2, 0) is 6.54 Å². The van der Waals surface area contributed by atoms with Crippen LogP contribution in [0.5, 0.6) is 5.75 Å². The van der Waals surface area contributed by atoms with Crippen LogP contribution in [0.3, 0.4) is 0 Å². The Balaban J connectivity index is 1.71. The first-order chi connectivity index (χ1) is 13.8. The summed E-state index contributed by atoms with van der Waals surface area (Å²) in [6, 6.07) is 10.1. The van der Waals surface area contributed by atoms with E-state index in [1.807, 2.05) is 6.07 Å². The second-order valence-electron chi connectivity index (χ2n) is 6.91. The number of hydrogen-bond donors (Lipinski definition) is 1. The van der Waals surface area contributed by atoms with Crippen LogP contribution in [0.2, 0.25) is 5.02 Å². The van der Waals surface area contributed by atoms with Crippen LogP contribution in [0, 0.1) is 17.6 Å². The van der Waals surface area contributed by atoms with E-state index in [0.29, 0.717) is 29.8 Å². The van der Waals surface area contributed by atoms with Gasteiger partial charge in [0.2, 0.25) is 0 Å². The molecule has 3 aromatic rings. The molecule has 0 unspecified atom stereocenters. The van der Waals surface area contributed by atoms with Gasteiger partial charge in [-0.15, -0.1) is 0 Å². The van der Waals surface area contributed by atoms with E-state index in [-0.39, 0.29) is 5.82 Å². The van der Waals surface area contributed by atoms with Gasteiger partial charge in [0.1, 0.15) is 22.9 Å². The van der Waals surface area contributed by atoms with Crippen molar-refractivity contribution in [3.63, 3.8) is 0 Å². The third-order valence-electron chi connectivity index (χ3n) is 4.00. The van der Waals surface area contributed by atoms with Crippen molar-refractivity contribution >= 4 is 23.3 Å². The first kappa shape index (κ1) is 20.8. The van der Waals surface area contributed by atoms with Gasteiger partial charge in [-0.25, -0.2) is 8.78 Å². The van der Waals surface area contributed by atoms with Crippen LogP contribution in [0.1, 0.15) is 29.8 Å². The molecule has 0 fully saturated rings. The maximum absolute atomic E-state index is 13.7. The summed E-state index contributed by atoms with van der Waals surface area (Å²) in [6.45, 7) is 5.04. The Bertz CT molecular complexity index is 1000. The van der Waals surface area contributed by atoms with Crippen LogP contribution in [0.25, 0.3) is 0 Å². The largest absolute Gasteiger partial charge is 0.493 e. The zero-order valence-corrected chi connectivity index (χ0v) is 16.7. The van der Waals surface area contributed by atoms with E-state index in [1.54, 1.807) is 23.0 Å². The molecule has 0 radical (unpaired) electrons. The molecule has 0 bridgehead atoms. The highest BCUT2D eigenvalue weighted by molar-refractivity contribution is 6.31. The molecule has 3 rings (SSSR count). The predicted molar refractivity (Wildman–Crippen MR) is 107 cm³/mol. The summed E-state index contributed by atoms with van der Waals surface area (Å²) in [7, 11) is 0. The van der Waals surface area contributed by atoms with E-state index >= 15 is 0 Å². The van der Waals surface area contributed by atoms with Crippen molar-refractivity contribution in [1.82, 2.24) is 9.78 Å². The zero-order valence-electron chi connectivity index (χ0n) is 16.0. The Hall–Kier alpha value is -2.93. The number of rotatable bonds is 7. The molecule has 1 N–H and O–H groups in total. The van der Waals surface area contributed by atoms with Crippen LogP contribution in [0.15, 0.2) is 48.7 Å². The Morgan fingerprint density at radius 1 is 1.21 bits per heavy atom. The van der Waals surface area contributed by atoms with Crippen molar-refractivity contribution in [2.75, 3.05) is 11.9 Å². The highest BCUT2D eigenvalue weighted by atomic mass is 35.5. The minimum atomic E-state index is -0.938. The predicted octanol–water partition coefficient (Wildman–Crippen LogP) is 5.15. The molecule has 2 aromatic carbocycles. The SMILES string of the molecule is CC(C)COc1ccc(Cl)c(Cn2ccc(NC(=O)c3c(F)cccc3F)n2)c1. The van der Waals surface area contributed by atoms with Gasteiger partial charge in [0, 0.05) is 17.3 Å². The monoisotopic (exact) mass is 419 g/mol. The molecule has 1 aromatic heterocycles. The first-order valence-corrected chi connectivity index (χ1v) is 9.41. The summed E-state index contributed by atoms with van der Waals surface area (Å²) >= 11 is 6.27. The van der Waals surface area contributed by atoms with Gasteiger partial charge in [-0.3, -0.25) is 9.48 Å². The Morgan fingerprint density at radius 3 is 2.62 bits per heavy atom. The zero-order chi connectivity index (χ0) is 21.0. The van der Waals surface area contributed by atoms with Gasteiger partial charge in [0.05, 0.1) is 13.2 Å². The molecule has 0 atom stereocenters. The second-order valence-corrected chi connectivity index (χ2v) is 7.31. The lowest BCUT2D eigenvalue weighted by molar-refractivity contribution is 0.101. The maximum Gasteiger partial charge on any atom is 0.262 e. The Kier molecular flexibility index (Phi) is 6.49. The lowest BCUT2D eigenvalue weighted by Crippen LogP contribution is -2.16. The van der Waals surface area contributed by atoms with Gasteiger partial charge in [0.25, 0.3) is 5.91 Å². The van der Waals surface area contributed by atoms with Gasteiger partial charge < -0.3 is 10.1 Å². The Labute approximate surface area is 172 Å². The van der Waals surface area contributed by atoms with E-state index in [2.05, 4.69) is 24.3 Å². The molecule has 29 heavy (non-hydrogen) atoms. The smallest absolute Gasteiger partial charge is 0.262 e. The molecule has 5 nitrogen and oxygen atoms in total. The van der Waals surface area contributed by atoms with Gasteiger partial charge in [-0.1, -0.05) is 31.5 Å². The molecule has 0 spiro atoms. The molecule has 152 valence electrons. The number of halogens is 3. The number of carbonyl (C=O) groups is 1. The number of carbonyl (C=O) groups excluding carboxylic acids is 1.